The van der Waals surface area contributed by atoms with Crippen molar-refractivity contribution in [3.63, 3.8) is 0 Å². The molecule has 1 rings (SSSR count). The fourth-order valence-corrected chi connectivity index (χ4v) is 2.00. The molecule has 0 saturated carbocycles. The summed E-state index contributed by atoms with van der Waals surface area (Å²) in [5.74, 6) is -1.32. The first-order valence-corrected chi connectivity index (χ1v) is 5.57. The van der Waals surface area contributed by atoms with Gasteiger partial charge in [0.1, 0.15) is 6.04 Å². The van der Waals surface area contributed by atoms with E-state index in [2.05, 4.69) is 5.32 Å². The Bertz CT molecular complexity index is 372. The standard InChI is InChI=1S/C10H13NO3S/c1-3-8(10(13)14)11-9(12)7-5-15-4-6(7)2/h4-5,8H,3H2,1-2H3,(H,11,12)(H,13,14). The highest BCUT2D eigenvalue weighted by Crippen LogP contribution is 2.13. The molecular formula is C10H13NO3S. The summed E-state index contributed by atoms with van der Waals surface area (Å²) in [6.45, 7) is 3.55. The predicted molar refractivity (Wildman–Crippen MR) is 58.2 cm³/mol. The Hall–Kier alpha value is -1.36. The van der Waals surface area contributed by atoms with Gasteiger partial charge in [-0.3, -0.25) is 4.79 Å². The summed E-state index contributed by atoms with van der Waals surface area (Å²) in [6.07, 6.45) is 0.379. The van der Waals surface area contributed by atoms with E-state index in [1.165, 1.54) is 11.3 Å². The Morgan fingerprint density at radius 3 is 2.60 bits per heavy atom. The SMILES string of the molecule is CCC(NC(=O)c1cscc1C)C(=O)O. The van der Waals surface area contributed by atoms with E-state index in [0.717, 1.165) is 5.56 Å². The third-order valence-corrected chi connectivity index (χ3v) is 2.97. The molecule has 1 amide bonds. The lowest BCUT2D eigenvalue weighted by Gasteiger charge is -2.11. The maximum absolute atomic E-state index is 11.6. The van der Waals surface area contributed by atoms with Crippen molar-refractivity contribution in [2.75, 3.05) is 0 Å². The lowest BCUT2D eigenvalue weighted by atomic mass is 10.1. The molecule has 0 saturated heterocycles. The van der Waals surface area contributed by atoms with Gasteiger partial charge in [0.15, 0.2) is 0 Å². The molecule has 15 heavy (non-hydrogen) atoms. The van der Waals surface area contributed by atoms with E-state index in [1.54, 1.807) is 12.3 Å². The third-order valence-electron chi connectivity index (χ3n) is 2.11. The Kier molecular flexibility index (Phi) is 3.85. The maximum Gasteiger partial charge on any atom is 0.326 e. The number of amides is 1. The van der Waals surface area contributed by atoms with E-state index in [0.29, 0.717) is 12.0 Å². The van der Waals surface area contributed by atoms with Gasteiger partial charge in [-0.2, -0.15) is 11.3 Å². The molecule has 0 spiro atoms. The lowest BCUT2D eigenvalue weighted by Crippen LogP contribution is -2.40. The Morgan fingerprint density at radius 1 is 1.53 bits per heavy atom. The first-order chi connectivity index (χ1) is 7.06. The van der Waals surface area contributed by atoms with Gasteiger partial charge in [-0.1, -0.05) is 6.92 Å². The molecule has 2 N–H and O–H groups in total. The van der Waals surface area contributed by atoms with E-state index in [-0.39, 0.29) is 5.91 Å². The molecule has 0 aliphatic carbocycles. The number of carboxylic acids is 1. The molecule has 0 aliphatic heterocycles. The van der Waals surface area contributed by atoms with Crippen LogP contribution in [0.3, 0.4) is 0 Å². The summed E-state index contributed by atoms with van der Waals surface area (Å²) in [4.78, 5) is 22.3. The van der Waals surface area contributed by atoms with Gasteiger partial charge >= 0.3 is 5.97 Å². The van der Waals surface area contributed by atoms with Crippen LogP contribution >= 0.6 is 11.3 Å². The molecule has 1 atom stereocenters. The number of nitrogens with one attached hydrogen (secondary N) is 1. The minimum Gasteiger partial charge on any atom is -0.480 e. The van der Waals surface area contributed by atoms with Crippen LogP contribution in [-0.4, -0.2) is 23.0 Å². The predicted octanol–water partition coefficient (Wildman–Crippen LogP) is 1.65. The van der Waals surface area contributed by atoms with E-state index < -0.39 is 12.0 Å². The Balaban J connectivity index is 2.71. The zero-order valence-corrected chi connectivity index (χ0v) is 9.43. The second-order valence-electron chi connectivity index (χ2n) is 3.24. The molecule has 82 valence electrons. The van der Waals surface area contributed by atoms with E-state index >= 15 is 0 Å². The molecular weight excluding hydrogens is 214 g/mol. The number of rotatable bonds is 4. The van der Waals surface area contributed by atoms with Crippen LogP contribution < -0.4 is 5.32 Å². The van der Waals surface area contributed by atoms with Crippen molar-refractivity contribution in [3.8, 4) is 0 Å². The van der Waals surface area contributed by atoms with Crippen LogP contribution in [0.25, 0.3) is 0 Å². The average Bonchev–Trinajstić information content (AvgIpc) is 2.60. The van der Waals surface area contributed by atoms with Gasteiger partial charge < -0.3 is 10.4 Å². The summed E-state index contributed by atoms with van der Waals surface area (Å²) in [7, 11) is 0. The van der Waals surface area contributed by atoms with E-state index in [9.17, 15) is 9.59 Å². The minimum atomic E-state index is -1.00. The summed E-state index contributed by atoms with van der Waals surface area (Å²) >= 11 is 1.43. The second kappa shape index (κ2) is 4.93. The maximum atomic E-state index is 11.6. The molecule has 0 radical (unpaired) electrons. The fourth-order valence-electron chi connectivity index (χ4n) is 1.17. The molecule has 5 heteroatoms. The van der Waals surface area contributed by atoms with Crippen molar-refractivity contribution >= 4 is 23.2 Å². The van der Waals surface area contributed by atoms with Crippen LogP contribution in [0.1, 0.15) is 29.3 Å². The van der Waals surface area contributed by atoms with Gasteiger partial charge in [-0.25, -0.2) is 4.79 Å². The number of hydrogen-bond donors (Lipinski definition) is 2. The van der Waals surface area contributed by atoms with Crippen LogP contribution in [0, 0.1) is 6.92 Å². The minimum absolute atomic E-state index is 0.317. The van der Waals surface area contributed by atoms with Crippen molar-refractivity contribution in [1.29, 1.82) is 0 Å². The molecule has 4 nitrogen and oxygen atoms in total. The molecule has 1 heterocycles. The molecule has 0 aliphatic rings. The summed E-state index contributed by atoms with van der Waals surface area (Å²) in [6, 6.07) is -0.809. The number of carbonyl (C=O) groups is 2. The molecule has 1 aromatic heterocycles. The van der Waals surface area contributed by atoms with Crippen molar-refractivity contribution in [2.45, 2.75) is 26.3 Å². The molecule has 0 fully saturated rings. The quantitative estimate of drug-likeness (QED) is 0.822. The topological polar surface area (TPSA) is 66.4 Å². The largest absolute Gasteiger partial charge is 0.480 e. The average molecular weight is 227 g/mol. The van der Waals surface area contributed by atoms with Gasteiger partial charge in [0.05, 0.1) is 5.56 Å². The van der Waals surface area contributed by atoms with Crippen LogP contribution in [0.15, 0.2) is 10.8 Å². The van der Waals surface area contributed by atoms with Crippen LogP contribution in [0.2, 0.25) is 0 Å². The van der Waals surface area contributed by atoms with E-state index in [4.69, 9.17) is 5.11 Å². The number of carbonyl (C=O) groups excluding carboxylic acids is 1. The number of carboxylic acid groups (broad SMARTS) is 1. The number of aliphatic carboxylic acids is 1. The highest BCUT2D eigenvalue weighted by Gasteiger charge is 2.19. The molecule has 1 aromatic rings. The highest BCUT2D eigenvalue weighted by molar-refractivity contribution is 7.08. The number of hydrogen-bond acceptors (Lipinski definition) is 3. The summed E-state index contributed by atoms with van der Waals surface area (Å²) in [5.41, 5.74) is 1.43. The van der Waals surface area contributed by atoms with Crippen molar-refractivity contribution in [3.05, 3.63) is 21.9 Å². The van der Waals surface area contributed by atoms with E-state index in [1.807, 2.05) is 12.3 Å². The van der Waals surface area contributed by atoms with Crippen LogP contribution in [0.4, 0.5) is 0 Å². The van der Waals surface area contributed by atoms with Gasteiger partial charge in [0.25, 0.3) is 5.91 Å². The van der Waals surface area contributed by atoms with Gasteiger partial charge in [-0.05, 0) is 24.3 Å². The molecule has 1 unspecified atom stereocenters. The normalized spacial score (nSPS) is 12.1. The first-order valence-electron chi connectivity index (χ1n) is 4.62. The number of thiophene rings is 1. The monoisotopic (exact) mass is 227 g/mol. The molecule has 0 bridgehead atoms. The van der Waals surface area contributed by atoms with Crippen molar-refractivity contribution in [1.82, 2.24) is 5.32 Å². The zero-order chi connectivity index (χ0) is 11.4. The second-order valence-corrected chi connectivity index (χ2v) is 3.98. The first kappa shape index (κ1) is 11.7. The Morgan fingerprint density at radius 2 is 2.20 bits per heavy atom. The van der Waals surface area contributed by atoms with Crippen LogP contribution in [-0.2, 0) is 4.79 Å². The van der Waals surface area contributed by atoms with Gasteiger partial charge in [0, 0.05) is 5.38 Å². The zero-order valence-electron chi connectivity index (χ0n) is 8.61. The van der Waals surface area contributed by atoms with Crippen molar-refractivity contribution < 1.29 is 14.7 Å². The summed E-state index contributed by atoms with van der Waals surface area (Å²) < 4.78 is 0. The highest BCUT2D eigenvalue weighted by atomic mass is 32.1. The summed E-state index contributed by atoms with van der Waals surface area (Å²) in [5, 5.41) is 14.8. The molecule has 0 aromatic carbocycles. The lowest BCUT2D eigenvalue weighted by molar-refractivity contribution is -0.139. The smallest absolute Gasteiger partial charge is 0.326 e. The number of aryl methyl sites for hydroxylation is 1. The fraction of sp³-hybridized carbons (Fsp3) is 0.400. The Labute approximate surface area is 91.9 Å². The van der Waals surface area contributed by atoms with Crippen molar-refractivity contribution in [2.24, 2.45) is 0 Å². The van der Waals surface area contributed by atoms with Gasteiger partial charge in [0.2, 0.25) is 0 Å². The van der Waals surface area contributed by atoms with Crippen LogP contribution in [0.5, 0.6) is 0 Å². The third kappa shape index (κ3) is 2.79. The van der Waals surface area contributed by atoms with Gasteiger partial charge in [-0.15, -0.1) is 0 Å².